The van der Waals surface area contributed by atoms with Crippen molar-refractivity contribution < 1.29 is 23.9 Å². The number of carbonyl (C=O) groups excluding carboxylic acids is 3. The average molecular weight is 1020 g/mol. The van der Waals surface area contributed by atoms with Crippen LogP contribution in [0.2, 0.25) is 0 Å². The van der Waals surface area contributed by atoms with Crippen molar-refractivity contribution in [3.8, 4) is 28.5 Å². The van der Waals surface area contributed by atoms with E-state index in [9.17, 15) is 14.4 Å². The number of nitrogens with zero attached hydrogens (tertiary/aromatic N) is 6. The molecule has 0 unspecified atom stereocenters. The fourth-order valence-corrected chi connectivity index (χ4v) is 9.36. The first-order chi connectivity index (χ1) is 35.4. The number of nitrogens with one attached hydrogen (secondary N) is 5. The highest BCUT2D eigenvalue weighted by atomic mass is 35.5. The molecule has 4 aliphatic rings. The van der Waals surface area contributed by atoms with E-state index in [1.807, 2.05) is 143 Å². The van der Waals surface area contributed by atoms with Crippen molar-refractivity contribution in [2.75, 3.05) is 10.6 Å². The van der Waals surface area contributed by atoms with E-state index in [2.05, 4.69) is 64.0 Å². The van der Waals surface area contributed by atoms with Crippen LogP contribution in [0.5, 0.6) is 0 Å². The molecule has 0 bridgehead atoms. The van der Waals surface area contributed by atoms with Gasteiger partial charge in [0.15, 0.2) is 23.3 Å². The van der Waals surface area contributed by atoms with Gasteiger partial charge in [-0.3, -0.25) is 14.8 Å². The van der Waals surface area contributed by atoms with Crippen LogP contribution in [0, 0.1) is 0 Å². The molecule has 17 nitrogen and oxygen atoms in total. The van der Waals surface area contributed by atoms with E-state index in [1.54, 1.807) is 24.5 Å². The Morgan fingerprint density at radius 2 is 1.12 bits per heavy atom. The molecule has 4 aromatic carbocycles. The third-order valence-corrected chi connectivity index (χ3v) is 13.2. The summed E-state index contributed by atoms with van der Waals surface area (Å²) in [6, 6.07) is 38.8. The number of aromatic nitrogens is 5. The molecule has 3 amide bonds. The van der Waals surface area contributed by atoms with Crippen LogP contribution in [0.3, 0.4) is 0 Å². The number of pyridine rings is 2. The second-order valence-corrected chi connectivity index (χ2v) is 20.8. The highest BCUT2D eigenvalue weighted by Crippen LogP contribution is 2.44. The number of amides is 3. The molecule has 0 radical (unpaired) electrons. The van der Waals surface area contributed by atoms with Gasteiger partial charge in [0, 0.05) is 34.6 Å². The summed E-state index contributed by atoms with van der Waals surface area (Å²) in [5.41, 5.74) is 9.02. The summed E-state index contributed by atoms with van der Waals surface area (Å²) in [6.07, 6.45) is 8.27. The van der Waals surface area contributed by atoms with Crippen molar-refractivity contribution in [1.29, 1.82) is 0 Å². The first kappa shape index (κ1) is 50.8. The number of fused-ring (bicyclic) bond motifs is 7. The normalized spacial score (nSPS) is 15.1. The minimum absolute atomic E-state index is 0.339. The molecule has 74 heavy (non-hydrogen) atoms. The minimum Gasteiger partial charge on any atom is -0.444 e. The Morgan fingerprint density at radius 1 is 0.622 bits per heavy atom. The number of carbonyl (C=O) groups is 3. The first-order valence-corrected chi connectivity index (χ1v) is 24.9. The monoisotopic (exact) mass is 1010 g/mol. The number of hydrogen-bond acceptors (Lipinski definition) is 13. The third-order valence-electron chi connectivity index (χ3n) is 12.9. The number of benzene rings is 4. The lowest BCUT2D eigenvalue weighted by Crippen LogP contribution is -2.52. The van der Waals surface area contributed by atoms with Gasteiger partial charge >= 0.3 is 12.2 Å². The maximum atomic E-state index is 12.5. The lowest BCUT2D eigenvalue weighted by Gasteiger charge is -2.43. The van der Waals surface area contributed by atoms with Gasteiger partial charge in [-0.15, -0.1) is 10.2 Å². The lowest BCUT2D eigenvalue weighted by molar-refractivity contribution is 0.0365. The Hall–Kier alpha value is -8.15. The van der Waals surface area contributed by atoms with Gasteiger partial charge in [-0.1, -0.05) is 72.3 Å². The number of hydrogen-bond donors (Lipinski definition) is 6. The van der Waals surface area contributed by atoms with E-state index in [1.165, 1.54) is 0 Å². The molecule has 2 aliphatic carbocycles. The number of ether oxygens (including phenoxy) is 2. The number of alkyl carbamates (subject to hydrolysis) is 2. The van der Waals surface area contributed by atoms with Crippen LogP contribution in [0.15, 0.2) is 139 Å². The van der Waals surface area contributed by atoms with Gasteiger partial charge in [-0.25, -0.2) is 30.4 Å². The predicted molar refractivity (Wildman–Crippen MR) is 287 cm³/mol. The van der Waals surface area contributed by atoms with Crippen molar-refractivity contribution in [2.45, 2.75) is 102 Å². The molecule has 0 spiro atoms. The SMILES string of the molecule is CC(C)(C)OC(=O)NC1(c2ccc(-c3nnc4n3-c3cccnc3Nc3ccccc3-4)cc2)CCC1.CC(C)(C)OC(=O)NC1(c2ccc(C(=O)NN)cc2)CCC1.ClC1=Nc2cccnc2Nc2ccccc21. The van der Waals surface area contributed by atoms with Crippen LogP contribution in [0.4, 0.5) is 38.3 Å². The van der Waals surface area contributed by atoms with E-state index in [0.717, 1.165) is 112 Å². The predicted octanol–water partition coefficient (Wildman–Crippen LogP) is 11.6. The summed E-state index contributed by atoms with van der Waals surface area (Å²) in [5, 5.41) is 22.4. The minimum atomic E-state index is -0.539. The molecule has 5 heterocycles. The zero-order valence-corrected chi connectivity index (χ0v) is 42.9. The van der Waals surface area contributed by atoms with Crippen LogP contribution in [-0.2, 0) is 20.6 Å². The van der Waals surface area contributed by atoms with E-state index in [4.69, 9.17) is 26.9 Å². The Morgan fingerprint density at radius 3 is 1.68 bits per heavy atom. The van der Waals surface area contributed by atoms with Crippen molar-refractivity contribution in [3.05, 3.63) is 156 Å². The van der Waals surface area contributed by atoms with Crippen LogP contribution >= 0.6 is 11.6 Å². The molecule has 2 fully saturated rings. The van der Waals surface area contributed by atoms with Crippen LogP contribution < -0.4 is 32.5 Å². The lowest BCUT2D eigenvalue weighted by atomic mass is 9.72. The summed E-state index contributed by atoms with van der Waals surface area (Å²) >= 11 is 6.16. The number of rotatable bonds is 6. The van der Waals surface area contributed by atoms with Gasteiger partial charge < -0.3 is 30.7 Å². The van der Waals surface area contributed by atoms with E-state index in [0.29, 0.717) is 10.7 Å². The Kier molecular flexibility index (Phi) is 14.2. The summed E-state index contributed by atoms with van der Waals surface area (Å²) in [5.74, 6) is 7.74. The molecular weight excluding hydrogens is 956 g/mol. The van der Waals surface area contributed by atoms with Crippen molar-refractivity contribution in [3.63, 3.8) is 0 Å². The van der Waals surface area contributed by atoms with E-state index in [-0.39, 0.29) is 12.0 Å². The maximum Gasteiger partial charge on any atom is 0.408 e. The molecule has 7 aromatic rings. The van der Waals surface area contributed by atoms with Crippen LogP contribution in [-0.4, -0.2) is 59.2 Å². The second-order valence-electron chi connectivity index (χ2n) is 20.4. The zero-order valence-electron chi connectivity index (χ0n) is 42.1. The molecule has 7 N–H and O–H groups in total. The van der Waals surface area contributed by atoms with Crippen molar-refractivity contribution in [2.24, 2.45) is 10.8 Å². The van der Waals surface area contributed by atoms with E-state index < -0.39 is 28.4 Å². The molecule has 380 valence electrons. The number of nitrogens with two attached hydrogens (primary N) is 1. The van der Waals surface area contributed by atoms with Crippen LogP contribution in [0.1, 0.15) is 107 Å². The Labute approximate surface area is 434 Å². The Balaban J connectivity index is 0.000000150. The molecule has 3 aromatic heterocycles. The third kappa shape index (κ3) is 11.1. The molecule has 0 saturated heterocycles. The number of nitrogen functional groups attached to an aromatic ring is 1. The smallest absolute Gasteiger partial charge is 0.408 e. The largest absolute Gasteiger partial charge is 0.444 e. The topological polar surface area (TPSA) is 225 Å². The summed E-state index contributed by atoms with van der Waals surface area (Å²) in [7, 11) is 0. The molecule has 2 aliphatic heterocycles. The number of halogens is 1. The van der Waals surface area contributed by atoms with Gasteiger partial charge in [0.05, 0.1) is 28.1 Å². The highest BCUT2D eigenvalue weighted by molar-refractivity contribution is 6.70. The van der Waals surface area contributed by atoms with Gasteiger partial charge in [0.2, 0.25) is 0 Å². The van der Waals surface area contributed by atoms with Gasteiger partial charge in [-0.2, -0.15) is 0 Å². The van der Waals surface area contributed by atoms with Gasteiger partial charge in [0.1, 0.15) is 22.1 Å². The van der Waals surface area contributed by atoms with Crippen molar-refractivity contribution >= 4 is 63.6 Å². The number of anilines is 4. The van der Waals surface area contributed by atoms with Gasteiger partial charge in [-0.05, 0) is 152 Å². The average Bonchev–Trinajstić information content (AvgIpc) is 3.66. The summed E-state index contributed by atoms with van der Waals surface area (Å²) in [4.78, 5) is 49.2. The van der Waals surface area contributed by atoms with E-state index >= 15 is 0 Å². The summed E-state index contributed by atoms with van der Waals surface area (Å²) in [6.45, 7) is 11.1. The highest BCUT2D eigenvalue weighted by Gasteiger charge is 2.42. The van der Waals surface area contributed by atoms with Crippen molar-refractivity contribution in [1.82, 2.24) is 40.8 Å². The fourth-order valence-electron chi connectivity index (χ4n) is 9.10. The van der Waals surface area contributed by atoms with Crippen LogP contribution in [0.25, 0.3) is 28.5 Å². The molecular formula is C56H59ClN12O5. The van der Waals surface area contributed by atoms with Gasteiger partial charge in [0.25, 0.3) is 5.91 Å². The molecule has 18 heteroatoms. The molecule has 2 saturated carbocycles. The standard InChI is InChI=1S/C28H28N6O2.C16H23N3O3.C12H8ClN3/c1-27(2,3)36-26(35)31-28(15-7-16-28)19-13-11-18(12-14-19)24-32-33-25-20-8-4-5-9-21(20)30-23-22(34(24)25)10-6-17-29-23;1-15(2,3)22-14(21)18-16(9-4-10-16)12-7-5-11(6-8-12)13(20)19-17;13-11-8-4-1-2-5-9(8)16-12-10(15-11)6-3-7-14-12/h4-6,8-14,17H,7,15-16H2,1-3H3,(H,29,30)(H,31,35);5-8H,4,9-10,17H2,1-3H3,(H,18,21)(H,19,20);1-7H,(H,14,16). The summed E-state index contributed by atoms with van der Waals surface area (Å²) < 4.78 is 12.9. The molecule has 11 rings (SSSR count). The first-order valence-electron chi connectivity index (χ1n) is 24.5. The second kappa shape index (κ2) is 20.8. The number of aliphatic imine (C=N–C) groups is 1. The number of para-hydroxylation sites is 2. The molecule has 0 atom stereocenters. The quantitative estimate of drug-likeness (QED) is 0.0520. The number of hydrazine groups is 1. The fraction of sp³-hybridized carbons (Fsp3) is 0.286. The maximum absolute atomic E-state index is 12.5. The Bertz CT molecular complexity index is 3230. The zero-order chi connectivity index (χ0) is 52.3.